The highest BCUT2D eigenvalue weighted by atomic mass is 16.3. The van der Waals surface area contributed by atoms with E-state index in [1.807, 2.05) is 29.2 Å². The maximum atomic E-state index is 12.9. The highest BCUT2D eigenvalue weighted by Gasteiger charge is 2.26. The lowest BCUT2D eigenvalue weighted by atomic mass is 9.85. The Bertz CT molecular complexity index is 690. The second-order valence-corrected chi connectivity index (χ2v) is 7.03. The van der Waals surface area contributed by atoms with Crippen LogP contribution in [0.3, 0.4) is 0 Å². The van der Waals surface area contributed by atoms with Gasteiger partial charge in [0, 0.05) is 32.0 Å². The average Bonchev–Trinajstić information content (AvgIpc) is 2.67. The van der Waals surface area contributed by atoms with Gasteiger partial charge in [-0.1, -0.05) is 54.6 Å². The summed E-state index contributed by atoms with van der Waals surface area (Å²) in [4.78, 5) is 14.9. The van der Waals surface area contributed by atoms with Crippen molar-refractivity contribution in [3.05, 3.63) is 71.3 Å². The number of aliphatic hydroxyl groups excluding tert-OH is 1. The molecule has 0 saturated carbocycles. The number of nitrogens with zero attached hydrogens (tertiary/aromatic N) is 1. The Balaban J connectivity index is 1.79. The number of carbonyl (C=O) groups excluding carboxylic acids is 1. The molecule has 1 saturated heterocycles. The Morgan fingerprint density at radius 1 is 1.08 bits per heavy atom. The quantitative estimate of drug-likeness (QED) is 0.903. The van der Waals surface area contributed by atoms with E-state index in [0.717, 1.165) is 25.9 Å². The van der Waals surface area contributed by atoms with Crippen LogP contribution < -0.4 is 0 Å². The molecule has 1 aliphatic heterocycles. The fourth-order valence-corrected chi connectivity index (χ4v) is 3.74. The molecule has 2 aromatic carbocycles. The number of piperidine rings is 1. The molecule has 1 amide bonds. The van der Waals surface area contributed by atoms with Crippen LogP contribution in [-0.2, 0) is 4.79 Å². The van der Waals surface area contributed by atoms with E-state index in [1.54, 1.807) is 0 Å². The fraction of sp³-hybridized carbons (Fsp3) is 0.409. The van der Waals surface area contributed by atoms with Gasteiger partial charge in [0.15, 0.2) is 0 Å². The molecular formula is C22H27NO2. The predicted octanol–water partition coefficient (Wildman–Crippen LogP) is 3.75. The summed E-state index contributed by atoms with van der Waals surface area (Å²) in [6, 6.07) is 18.7. The Hall–Kier alpha value is -2.13. The smallest absolute Gasteiger partial charge is 0.223 e. The molecule has 0 spiro atoms. The number of carbonyl (C=O) groups is 1. The molecule has 25 heavy (non-hydrogen) atoms. The van der Waals surface area contributed by atoms with Gasteiger partial charge >= 0.3 is 0 Å². The van der Waals surface area contributed by atoms with Crippen LogP contribution in [0.2, 0.25) is 0 Å². The van der Waals surface area contributed by atoms with Crippen molar-refractivity contribution < 1.29 is 9.90 Å². The summed E-state index contributed by atoms with van der Waals surface area (Å²) >= 11 is 0. The minimum absolute atomic E-state index is 0.0884. The van der Waals surface area contributed by atoms with E-state index in [1.165, 1.54) is 16.7 Å². The minimum Gasteiger partial charge on any atom is -0.396 e. The summed E-state index contributed by atoms with van der Waals surface area (Å²) in [5.74, 6) is 0.657. The molecule has 1 fully saturated rings. The molecule has 0 radical (unpaired) electrons. The van der Waals surface area contributed by atoms with Crippen LogP contribution in [0.5, 0.6) is 0 Å². The third kappa shape index (κ3) is 4.29. The summed E-state index contributed by atoms with van der Waals surface area (Å²) in [6.45, 7) is 3.87. The topological polar surface area (TPSA) is 40.5 Å². The Morgan fingerprint density at radius 2 is 1.72 bits per heavy atom. The van der Waals surface area contributed by atoms with Gasteiger partial charge in [0.2, 0.25) is 5.91 Å². The molecular weight excluding hydrogens is 310 g/mol. The maximum absolute atomic E-state index is 12.9. The van der Waals surface area contributed by atoms with Gasteiger partial charge < -0.3 is 10.0 Å². The summed E-state index contributed by atoms with van der Waals surface area (Å²) in [5.41, 5.74) is 3.64. The highest BCUT2D eigenvalue weighted by molar-refractivity contribution is 5.78. The summed E-state index contributed by atoms with van der Waals surface area (Å²) in [7, 11) is 0. The first-order valence-corrected chi connectivity index (χ1v) is 9.18. The van der Waals surface area contributed by atoms with E-state index in [9.17, 15) is 9.90 Å². The van der Waals surface area contributed by atoms with E-state index < -0.39 is 0 Å². The summed E-state index contributed by atoms with van der Waals surface area (Å²) < 4.78 is 0. The molecule has 0 aliphatic carbocycles. The normalized spacial score (nSPS) is 16.6. The van der Waals surface area contributed by atoms with Gasteiger partial charge in [-0.05, 0) is 42.4 Å². The van der Waals surface area contributed by atoms with Gasteiger partial charge in [0.25, 0.3) is 0 Å². The largest absolute Gasteiger partial charge is 0.396 e. The van der Waals surface area contributed by atoms with Crippen molar-refractivity contribution in [3.63, 3.8) is 0 Å². The zero-order valence-corrected chi connectivity index (χ0v) is 14.9. The zero-order chi connectivity index (χ0) is 17.6. The van der Waals surface area contributed by atoms with Crippen molar-refractivity contribution in [2.45, 2.75) is 32.1 Å². The lowest BCUT2D eigenvalue weighted by molar-refractivity contribution is -0.133. The third-order valence-electron chi connectivity index (χ3n) is 5.37. The van der Waals surface area contributed by atoms with Crippen LogP contribution in [0.25, 0.3) is 0 Å². The highest BCUT2D eigenvalue weighted by Crippen LogP contribution is 2.31. The van der Waals surface area contributed by atoms with Crippen molar-refractivity contribution >= 4 is 5.91 Å². The summed E-state index contributed by atoms with van der Waals surface area (Å²) in [6.07, 6.45) is 2.31. The Kier molecular flexibility index (Phi) is 5.87. The van der Waals surface area contributed by atoms with E-state index in [4.69, 9.17) is 0 Å². The standard InChI is InChI=1S/C22H27NO2/c1-17-7-5-6-10-20(17)21(19-8-3-2-4-9-19)15-22(25)23-13-11-18(16-24)12-14-23/h2-10,18,21,24H,11-16H2,1H3. The molecule has 1 unspecified atom stereocenters. The number of aryl methyl sites for hydroxylation is 1. The maximum Gasteiger partial charge on any atom is 0.223 e. The number of rotatable bonds is 5. The Labute approximate surface area is 150 Å². The SMILES string of the molecule is Cc1ccccc1C(CC(=O)N1CCC(CO)CC1)c1ccccc1. The monoisotopic (exact) mass is 337 g/mol. The molecule has 0 bridgehead atoms. The first-order valence-electron chi connectivity index (χ1n) is 9.18. The summed E-state index contributed by atoms with van der Waals surface area (Å²) in [5, 5.41) is 9.29. The van der Waals surface area contributed by atoms with Crippen molar-refractivity contribution in [2.75, 3.05) is 19.7 Å². The van der Waals surface area contributed by atoms with Crippen LogP contribution >= 0.6 is 0 Å². The number of hydrogen-bond donors (Lipinski definition) is 1. The van der Waals surface area contributed by atoms with E-state index in [2.05, 4.69) is 37.3 Å². The van der Waals surface area contributed by atoms with Gasteiger partial charge in [-0.2, -0.15) is 0 Å². The number of hydrogen-bond acceptors (Lipinski definition) is 2. The zero-order valence-electron chi connectivity index (χ0n) is 14.9. The predicted molar refractivity (Wildman–Crippen MR) is 100 cm³/mol. The van der Waals surface area contributed by atoms with Crippen molar-refractivity contribution in [3.8, 4) is 0 Å². The molecule has 2 aromatic rings. The minimum atomic E-state index is 0.0884. The fourth-order valence-electron chi connectivity index (χ4n) is 3.74. The van der Waals surface area contributed by atoms with Gasteiger partial charge in [0.05, 0.1) is 0 Å². The number of benzene rings is 2. The molecule has 1 atom stereocenters. The first kappa shape index (κ1) is 17.7. The molecule has 3 heteroatoms. The lowest BCUT2D eigenvalue weighted by Crippen LogP contribution is -2.39. The average molecular weight is 337 g/mol. The molecule has 0 aromatic heterocycles. The van der Waals surface area contributed by atoms with Crippen molar-refractivity contribution in [1.29, 1.82) is 0 Å². The van der Waals surface area contributed by atoms with Gasteiger partial charge in [-0.3, -0.25) is 4.79 Å². The van der Waals surface area contributed by atoms with E-state index in [0.29, 0.717) is 12.3 Å². The molecule has 3 nitrogen and oxygen atoms in total. The molecule has 1 N–H and O–H groups in total. The Morgan fingerprint density at radius 3 is 2.36 bits per heavy atom. The van der Waals surface area contributed by atoms with Crippen molar-refractivity contribution in [2.24, 2.45) is 5.92 Å². The second kappa shape index (κ2) is 8.30. The number of aliphatic hydroxyl groups is 1. The van der Waals surface area contributed by atoms with Gasteiger partial charge in [-0.15, -0.1) is 0 Å². The molecule has 1 heterocycles. The van der Waals surface area contributed by atoms with Crippen LogP contribution in [-0.4, -0.2) is 35.6 Å². The molecule has 132 valence electrons. The third-order valence-corrected chi connectivity index (χ3v) is 5.37. The van der Waals surface area contributed by atoms with Gasteiger partial charge in [0.1, 0.15) is 0 Å². The van der Waals surface area contributed by atoms with Crippen LogP contribution in [0, 0.1) is 12.8 Å². The van der Waals surface area contributed by atoms with Crippen LogP contribution in [0.4, 0.5) is 0 Å². The molecule has 1 aliphatic rings. The van der Waals surface area contributed by atoms with Crippen LogP contribution in [0.1, 0.15) is 41.9 Å². The second-order valence-electron chi connectivity index (χ2n) is 7.03. The first-order chi connectivity index (χ1) is 12.2. The van der Waals surface area contributed by atoms with E-state index >= 15 is 0 Å². The number of amides is 1. The van der Waals surface area contributed by atoms with E-state index in [-0.39, 0.29) is 18.4 Å². The van der Waals surface area contributed by atoms with Gasteiger partial charge in [-0.25, -0.2) is 0 Å². The van der Waals surface area contributed by atoms with Crippen molar-refractivity contribution in [1.82, 2.24) is 4.90 Å². The van der Waals surface area contributed by atoms with Crippen LogP contribution in [0.15, 0.2) is 54.6 Å². The lowest BCUT2D eigenvalue weighted by Gasteiger charge is -2.32. The molecule has 3 rings (SSSR count). The number of likely N-dealkylation sites (tertiary alicyclic amines) is 1.